The maximum Gasteiger partial charge on any atom is 0.216 e. The van der Waals surface area contributed by atoms with Gasteiger partial charge >= 0.3 is 0 Å². The van der Waals surface area contributed by atoms with Crippen molar-refractivity contribution in [2.45, 2.75) is 20.7 Å². The molecule has 0 aliphatic heterocycles. The van der Waals surface area contributed by atoms with Gasteiger partial charge in [-0.25, -0.2) is 0 Å². The summed E-state index contributed by atoms with van der Waals surface area (Å²) in [5, 5.41) is 11.4. The van der Waals surface area contributed by atoms with E-state index in [-0.39, 0.29) is 17.6 Å². The molecule has 0 bridgehead atoms. The van der Waals surface area contributed by atoms with Crippen molar-refractivity contribution in [1.82, 2.24) is 0 Å². The van der Waals surface area contributed by atoms with Crippen LogP contribution in [0, 0.1) is 32.0 Å². The summed E-state index contributed by atoms with van der Waals surface area (Å²) in [5.41, 5.74) is 5.24. The monoisotopic (exact) mass is 408 g/mol. The summed E-state index contributed by atoms with van der Waals surface area (Å²) < 4.78 is 49.2. The van der Waals surface area contributed by atoms with Crippen molar-refractivity contribution < 1.29 is 15.8 Å². The Balaban J connectivity index is 1.95. The average molecular weight is 409 g/mol. The number of hydrogen-bond acceptors (Lipinski definition) is 2. The summed E-state index contributed by atoms with van der Waals surface area (Å²) in [6.07, 6.45) is 0. The van der Waals surface area contributed by atoms with Crippen molar-refractivity contribution in [1.29, 1.82) is 5.26 Å². The lowest BCUT2D eigenvalue weighted by Crippen LogP contribution is -2.35. The number of aryl methyl sites for hydroxylation is 1. The molecule has 0 aliphatic carbocycles. The molecule has 3 nitrogen and oxygen atoms in total. The number of nitriles is 1. The molecule has 0 saturated heterocycles. The molecule has 0 saturated carbocycles. The van der Waals surface area contributed by atoms with Gasteiger partial charge in [-0.2, -0.15) is 9.83 Å². The molecule has 2 heterocycles. The highest BCUT2D eigenvalue weighted by Crippen LogP contribution is 2.42. The zero-order valence-electron chi connectivity index (χ0n) is 22.5. The van der Waals surface area contributed by atoms with Gasteiger partial charge in [0, 0.05) is 39.0 Å². The summed E-state index contributed by atoms with van der Waals surface area (Å²) in [7, 11) is 1.69. The molecule has 0 radical (unpaired) electrons. The van der Waals surface area contributed by atoms with Crippen molar-refractivity contribution in [2.24, 2.45) is 7.05 Å². The van der Waals surface area contributed by atoms with Crippen molar-refractivity contribution in [2.75, 3.05) is 0 Å². The van der Waals surface area contributed by atoms with E-state index in [0.29, 0.717) is 44.6 Å². The predicted octanol–water partition coefficient (Wildman–Crippen LogP) is 6.54. The van der Waals surface area contributed by atoms with Gasteiger partial charge in [0.05, 0.1) is 19.9 Å². The number of aromatic nitrogens is 1. The van der Waals surface area contributed by atoms with E-state index in [0.717, 1.165) is 16.5 Å². The Morgan fingerprint density at radius 3 is 2.55 bits per heavy atom. The fourth-order valence-corrected chi connectivity index (χ4v) is 4.19. The Morgan fingerprint density at radius 1 is 1.00 bits per heavy atom. The second-order valence-electron chi connectivity index (χ2n) is 7.70. The third-order valence-corrected chi connectivity index (χ3v) is 5.92. The van der Waals surface area contributed by atoms with Crippen LogP contribution in [-0.4, -0.2) is 0 Å². The van der Waals surface area contributed by atoms with Gasteiger partial charge in [0.25, 0.3) is 0 Å². The van der Waals surface area contributed by atoms with E-state index in [1.807, 2.05) is 55.5 Å². The van der Waals surface area contributed by atoms with Crippen LogP contribution < -0.4 is 4.57 Å². The highest BCUT2D eigenvalue weighted by atomic mass is 16.3. The molecule has 0 N–H and O–H groups in total. The van der Waals surface area contributed by atoms with Gasteiger partial charge in [-0.3, -0.25) is 0 Å². The van der Waals surface area contributed by atoms with Gasteiger partial charge in [0.15, 0.2) is 11.3 Å². The molecular weight excluding hydrogens is 380 g/mol. The fraction of sp³-hybridized carbons (Fsp3) is 0.143. The van der Waals surface area contributed by atoms with Crippen LogP contribution in [0.25, 0.3) is 44.3 Å². The molecule has 31 heavy (non-hydrogen) atoms. The standard InChI is InChI=1S/C28H23N2O/c1-17-13-14-24(30(4)19(17)3)25-18(2)15-21(16-29)26-23-12-8-11-22(27(23)31-28(25)26)20-9-6-5-7-10-20/h5-15H,1-4H3/q+1/i1D3,13D,14D. The zero-order chi connectivity index (χ0) is 25.9. The lowest BCUT2D eigenvalue weighted by atomic mass is 9.95. The number of fused-ring (bicyclic) bond motifs is 3. The second-order valence-corrected chi connectivity index (χ2v) is 7.70. The largest absolute Gasteiger partial charge is 0.454 e. The lowest BCUT2D eigenvalue weighted by Gasteiger charge is -2.09. The average Bonchev–Trinajstić information content (AvgIpc) is 3.23. The van der Waals surface area contributed by atoms with Crippen LogP contribution in [0.3, 0.4) is 0 Å². The molecule has 0 amide bonds. The Morgan fingerprint density at radius 2 is 1.81 bits per heavy atom. The number of furan rings is 1. The molecule has 3 aromatic carbocycles. The minimum Gasteiger partial charge on any atom is -0.454 e. The SMILES string of the molecule is [2H]c1c([2H])c(-c2c(C)cc(C#N)c3c2oc2c(-c4ccccc4)cccc23)[n+](C)c(C)c1C([2H])([2H])[2H]. The van der Waals surface area contributed by atoms with E-state index in [4.69, 9.17) is 11.3 Å². The zero-order valence-corrected chi connectivity index (χ0v) is 17.5. The summed E-state index contributed by atoms with van der Waals surface area (Å²) in [6, 6.07) is 19.1. The Bertz CT molecular complexity index is 1700. The number of pyridine rings is 1. The quantitative estimate of drug-likeness (QED) is 0.311. The van der Waals surface area contributed by atoms with Crippen LogP contribution >= 0.6 is 0 Å². The predicted molar refractivity (Wildman–Crippen MR) is 125 cm³/mol. The van der Waals surface area contributed by atoms with Crippen molar-refractivity contribution in [3.8, 4) is 28.5 Å². The van der Waals surface area contributed by atoms with Gasteiger partial charge in [0.1, 0.15) is 12.6 Å². The Labute approximate surface area is 188 Å². The first-order valence-corrected chi connectivity index (χ1v) is 10.0. The molecule has 0 aliphatic rings. The second kappa shape index (κ2) is 7.11. The molecule has 0 atom stereocenters. The highest BCUT2D eigenvalue weighted by Gasteiger charge is 2.25. The van der Waals surface area contributed by atoms with Crippen LogP contribution in [0.5, 0.6) is 0 Å². The maximum absolute atomic E-state index is 9.98. The van der Waals surface area contributed by atoms with Crippen molar-refractivity contribution in [3.63, 3.8) is 0 Å². The number of para-hydroxylation sites is 1. The number of rotatable bonds is 2. The van der Waals surface area contributed by atoms with Crippen molar-refractivity contribution >= 4 is 21.9 Å². The number of nitrogens with zero attached hydrogens (tertiary/aromatic N) is 2. The molecule has 0 spiro atoms. The Kier molecular flexibility index (Phi) is 3.25. The molecule has 2 aromatic heterocycles. The van der Waals surface area contributed by atoms with Crippen LogP contribution in [0.1, 0.15) is 29.2 Å². The highest BCUT2D eigenvalue weighted by molar-refractivity contribution is 6.15. The third-order valence-electron chi connectivity index (χ3n) is 5.92. The van der Waals surface area contributed by atoms with Crippen LogP contribution in [0.2, 0.25) is 0 Å². The van der Waals surface area contributed by atoms with E-state index >= 15 is 0 Å². The molecule has 0 unspecified atom stereocenters. The maximum atomic E-state index is 9.98. The lowest BCUT2D eigenvalue weighted by molar-refractivity contribution is -0.667. The first kappa shape index (κ1) is 14.2. The minimum absolute atomic E-state index is 0.141. The van der Waals surface area contributed by atoms with Gasteiger partial charge in [-0.1, -0.05) is 48.5 Å². The van der Waals surface area contributed by atoms with Gasteiger partial charge in [-0.15, -0.1) is 0 Å². The summed E-state index contributed by atoms with van der Waals surface area (Å²) in [6.45, 7) is 0.953. The number of benzene rings is 3. The first-order chi connectivity index (χ1) is 17.1. The normalized spacial score (nSPS) is 13.9. The summed E-state index contributed by atoms with van der Waals surface area (Å²) >= 11 is 0. The van der Waals surface area contributed by atoms with E-state index in [1.54, 1.807) is 24.6 Å². The van der Waals surface area contributed by atoms with Crippen LogP contribution in [0.15, 0.2) is 71.1 Å². The van der Waals surface area contributed by atoms with E-state index in [1.165, 1.54) is 0 Å². The van der Waals surface area contributed by atoms with Crippen molar-refractivity contribution in [3.05, 3.63) is 89.1 Å². The minimum atomic E-state index is -2.52. The summed E-state index contributed by atoms with van der Waals surface area (Å²) in [4.78, 5) is 0. The van der Waals surface area contributed by atoms with Gasteiger partial charge in [0.2, 0.25) is 5.69 Å². The van der Waals surface area contributed by atoms with Gasteiger partial charge < -0.3 is 4.42 Å². The van der Waals surface area contributed by atoms with Crippen LogP contribution in [0.4, 0.5) is 0 Å². The third kappa shape index (κ3) is 2.84. The smallest absolute Gasteiger partial charge is 0.216 e. The molecule has 0 fully saturated rings. The molecule has 3 heteroatoms. The molecule has 5 aromatic rings. The van der Waals surface area contributed by atoms with E-state index in [9.17, 15) is 5.26 Å². The molecule has 150 valence electrons. The molecular formula is C28H23N2O+. The fourth-order valence-electron chi connectivity index (χ4n) is 4.19. The van der Waals surface area contributed by atoms with E-state index < -0.39 is 6.85 Å². The van der Waals surface area contributed by atoms with Crippen LogP contribution in [-0.2, 0) is 7.05 Å². The first-order valence-electron chi connectivity index (χ1n) is 12.5. The molecule has 5 rings (SSSR count). The van der Waals surface area contributed by atoms with Gasteiger partial charge in [-0.05, 0) is 37.0 Å². The summed E-state index contributed by atoms with van der Waals surface area (Å²) in [5.74, 6) is 0. The van der Waals surface area contributed by atoms with E-state index in [2.05, 4.69) is 6.07 Å². The Hall–Kier alpha value is -3.90. The number of hydrogen-bond donors (Lipinski definition) is 0. The topological polar surface area (TPSA) is 40.8 Å².